The van der Waals surface area contributed by atoms with Crippen molar-refractivity contribution in [3.63, 3.8) is 0 Å². The largest absolute Gasteiger partial charge is 0.423 e. The molecule has 0 radical (unpaired) electrons. The van der Waals surface area contributed by atoms with Crippen molar-refractivity contribution in [2.75, 3.05) is 37.6 Å². The summed E-state index contributed by atoms with van der Waals surface area (Å²) in [7, 11) is 0. The Morgan fingerprint density at radius 1 is 1.23 bits per heavy atom. The Morgan fingerprint density at radius 3 is 2.68 bits per heavy atom. The number of carbonyl (C=O) groups excluding carboxylic acids is 1. The first kappa shape index (κ1) is 23.6. The Bertz CT molecular complexity index is 816. The van der Waals surface area contributed by atoms with Crippen LogP contribution in [0.2, 0.25) is 0 Å². The maximum Gasteiger partial charge on any atom is 0.298 e. The van der Waals surface area contributed by atoms with E-state index in [4.69, 9.17) is 9.40 Å². The van der Waals surface area contributed by atoms with Gasteiger partial charge in [0.25, 0.3) is 6.01 Å². The van der Waals surface area contributed by atoms with Gasteiger partial charge in [0, 0.05) is 28.4 Å². The number of hydrogen-bond acceptors (Lipinski definition) is 5. The highest BCUT2D eigenvalue weighted by Crippen LogP contribution is 2.27. The minimum atomic E-state index is 0. The number of aryl methyl sites for hydroxylation is 1. The van der Waals surface area contributed by atoms with Gasteiger partial charge in [0.15, 0.2) is 5.58 Å². The van der Waals surface area contributed by atoms with Crippen LogP contribution in [0.1, 0.15) is 67.7 Å². The molecule has 2 N–H and O–H groups in total. The average molecular weight is 433 g/mol. The Labute approximate surface area is 190 Å². The molecule has 2 aliphatic rings. The minimum absolute atomic E-state index is 0. The quantitative estimate of drug-likeness (QED) is 0.643. The fourth-order valence-corrected chi connectivity index (χ4v) is 4.43. The molecule has 1 aromatic carbocycles. The predicted octanol–water partition coefficient (Wildman–Crippen LogP) is 5.02. The van der Waals surface area contributed by atoms with E-state index in [9.17, 15) is 4.79 Å². The molecular formula is C25H44N4O2. The number of nitrogens with zero attached hydrogens (tertiary/aromatic N) is 2. The Hall–Kier alpha value is -2.08. The van der Waals surface area contributed by atoms with Gasteiger partial charge >= 0.3 is 0 Å². The van der Waals surface area contributed by atoms with E-state index in [1.165, 1.54) is 18.4 Å². The SMILES string of the molecule is CC.CCCCc1ccc2oc(N3CCC(CNC(=O)C4CCNCC4)CC3)nc2c1.[HH].[HH]. The van der Waals surface area contributed by atoms with Crippen molar-refractivity contribution in [3.05, 3.63) is 23.8 Å². The van der Waals surface area contributed by atoms with Gasteiger partial charge < -0.3 is 20.0 Å². The maximum absolute atomic E-state index is 12.3. The van der Waals surface area contributed by atoms with Crippen molar-refractivity contribution in [2.24, 2.45) is 11.8 Å². The number of carbonyl (C=O) groups is 1. The van der Waals surface area contributed by atoms with Crippen LogP contribution in [0, 0.1) is 11.8 Å². The van der Waals surface area contributed by atoms with E-state index >= 15 is 0 Å². The smallest absolute Gasteiger partial charge is 0.298 e. The zero-order valence-corrected chi connectivity index (χ0v) is 19.6. The Kier molecular flexibility index (Phi) is 9.19. The van der Waals surface area contributed by atoms with Crippen LogP contribution in [0.4, 0.5) is 6.01 Å². The topological polar surface area (TPSA) is 70.4 Å². The van der Waals surface area contributed by atoms with Crippen LogP contribution >= 0.6 is 0 Å². The van der Waals surface area contributed by atoms with E-state index in [2.05, 4.69) is 40.7 Å². The van der Waals surface area contributed by atoms with Crippen LogP contribution in [0.25, 0.3) is 11.1 Å². The molecule has 0 saturated carbocycles. The molecule has 6 nitrogen and oxygen atoms in total. The lowest BCUT2D eigenvalue weighted by atomic mass is 9.95. The molecule has 31 heavy (non-hydrogen) atoms. The summed E-state index contributed by atoms with van der Waals surface area (Å²) in [6.45, 7) is 10.8. The highest BCUT2D eigenvalue weighted by Gasteiger charge is 2.25. The molecular weight excluding hydrogens is 388 g/mol. The number of fused-ring (bicyclic) bond motifs is 1. The van der Waals surface area contributed by atoms with Crippen LogP contribution < -0.4 is 15.5 Å². The third-order valence-electron chi connectivity index (χ3n) is 6.42. The van der Waals surface area contributed by atoms with Crippen LogP contribution in [0.5, 0.6) is 0 Å². The van der Waals surface area contributed by atoms with Crippen LogP contribution in [-0.2, 0) is 11.2 Å². The molecule has 0 bridgehead atoms. The highest BCUT2D eigenvalue weighted by atomic mass is 16.4. The average Bonchev–Trinajstić information content (AvgIpc) is 3.27. The number of rotatable bonds is 7. The zero-order chi connectivity index (χ0) is 22.1. The third kappa shape index (κ3) is 6.45. The predicted molar refractivity (Wildman–Crippen MR) is 132 cm³/mol. The molecule has 0 unspecified atom stereocenters. The third-order valence-corrected chi connectivity index (χ3v) is 6.42. The number of oxazole rings is 1. The van der Waals surface area contributed by atoms with E-state index in [1.807, 2.05) is 13.8 Å². The molecule has 0 atom stereocenters. The van der Waals surface area contributed by atoms with E-state index in [1.54, 1.807) is 0 Å². The fraction of sp³-hybridized carbons (Fsp3) is 0.680. The monoisotopic (exact) mass is 432 g/mol. The number of hydrogen-bond donors (Lipinski definition) is 2. The lowest BCUT2D eigenvalue weighted by Crippen LogP contribution is -2.42. The second kappa shape index (κ2) is 12.1. The number of piperidine rings is 2. The minimum Gasteiger partial charge on any atom is -0.423 e. The number of benzene rings is 1. The summed E-state index contributed by atoms with van der Waals surface area (Å²) in [5.74, 6) is 0.979. The van der Waals surface area contributed by atoms with E-state index in [0.29, 0.717) is 5.92 Å². The van der Waals surface area contributed by atoms with Gasteiger partial charge in [-0.15, -0.1) is 0 Å². The maximum atomic E-state index is 12.3. The van der Waals surface area contributed by atoms with E-state index in [-0.39, 0.29) is 14.7 Å². The molecule has 176 valence electrons. The van der Waals surface area contributed by atoms with Crippen LogP contribution in [0.3, 0.4) is 0 Å². The summed E-state index contributed by atoms with van der Waals surface area (Å²) < 4.78 is 6.02. The lowest BCUT2D eigenvalue weighted by Gasteiger charge is -2.31. The van der Waals surface area contributed by atoms with Gasteiger partial charge in [-0.2, -0.15) is 4.98 Å². The highest BCUT2D eigenvalue weighted by molar-refractivity contribution is 5.78. The molecule has 6 heteroatoms. The fourth-order valence-electron chi connectivity index (χ4n) is 4.43. The van der Waals surface area contributed by atoms with Crippen molar-refractivity contribution in [1.29, 1.82) is 0 Å². The summed E-state index contributed by atoms with van der Waals surface area (Å²) in [6.07, 6.45) is 7.56. The molecule has 2 aliphatic heterocycles. The van der Waals surface area contributed by atoms with Crippen molar-refractivity contribution in [3.8, 4) is 0 Å². The zero-order valence-electron chi connectivity index (χ0n) is 19.6. The van der Waals surface area contributed by atoms with E-state index < -0.39 is 0 Å². The van der Waals surface area contributed by atoms with Crippen LogP contribution in [0.15, 0.2) is 22.6 Å². The van der Waals surface area contributed by atoms with Gasteiger partial charge in [0.1, 0.15) is 5.52 Å². The van der Waals surface area contributed by atoms with Gasteiger partial charge in [0.05, 0.1) is 0 Å². The summed E-state index contributed by atoms with van der Waals surface area (Å²) in [5, 5.41) is 6.51. The normalized spacial score (nSPS) is 18.0. The second-order valence-electron chi connectivity index (χ2n) is 8.60. The van der Waals surface area contributed by atoms with Gasteiger partial charge in [-0.05, 0) is 75.2 Å². The summed E-state index contributed by atoms with van der Waals surface area (Å²) in [5.41, 5.74) is 3.17. The van der Waals surface area contributed by atoms with Crippen molar-refractivity contribution in [1.82, 2.24) is 15.6 Å². The number of unbranched alkanes of at least 4 members (excludes halogenated alkanes) is 1. The van der Waals surface area contributed by atoms with Gasteiger partial charge in [-0.25, -0.2) is 0 Å². The number of anilines is 1. The number of amides is 1. The van der Waals surface area contributed by atoms with E-state index in [0.717, 1.165) is 81.9 Å². The first-order valence-corrected chi connectivity index (χ1v) is 12.4. The van der Waals surface area contributed by atoms with Crippen molar-refractivity contribution in [2.45, 2.75) is 65.7 Å². The molecule has 4 rings (SSSR count). The summed E-state index contributed by atoms with van der Waals surface area (Å²) in [6, 6.07) is 7.12. The summed E-state index contributed by atoms with van der Waals surface area (Å²) in [4.78, 5) is 19.3. The molecule has 0 spiro atoms. The first-order chi connectivity index (χ1) is 15.2. The molecule has 2 fully saturated rings. The van der Waals surface area contributed by atoms with Crippen molar-refractivity contribution < 1.29 is 12.1 Å². The number of nitrogens with one attached hydrogen (secondary N) is 2. The molecule has 0 aliphatic carbocycles. The standard InChI is InChI=1S/C23H34N4O2.C2H6.2H2/c1-2-3-4-17-5-6-21-20(15-17)26-23(29-21)27-13-9-18(10-14-27)16-25-22(28)19-7-11-24-12-8-19;1-2;;/h5-6,15,18-19,24H,2-4,7-14,16H2,1H3,(H,25,28);1-2H3;2*1H. The van der Waals surface area contributed by atoms with Gasteiger partial charge in [-0.3, -0.25) is 4.79 Å². The van der Waals surface area contributed by atoms with Crippen LogP contribution in [-0.4, -0.2) is 43.6 Å². The first-order valence-electron chi connectivity index (χ1n) is 12.4. The Morgan fingerprint density at radius 2 is 1.97 bits per heavy atom. The number of aromatic nitrogens is 1. The summed E-state index contributed by atoms with van der Waals surface area (Å²) >= 11 is 0. The Balaban J connectivity index is 0.00000133. The molecule has 3 heterocycles. The second-order valence-corrected chi connectivity index (χ2v) is 8.60. The lowest BCUT2D eigenvalue weighted by molar-refractivity contribution is -0.125. The van der Waals surface area contributed by atoms with Gasteiger partial charge in [0.2, 0.25) is 5.91 Å². The molecule has 2 saturated heterocycles. The van der Waals surface area contributed by atoms with Gasteiger partial charge in [-0.1, -0.05) is 33.3 Å². The molecule has 1 aromatic heterocycles. The molecule has 1 amide bonds. The molecule has 2 aromatic rings. The van der Waals surface area contributed by atoms with Crippen molar-refractivity contribution >= 4 is 23.0 Å².